The SMILES string of the molecule is CC(C)c1nc2c(Cl)cccc2nc1-c1cccc(F)c1.CC(C)c1nc2c(Cl)cccc2nc1Cl.CC(C)c1nc2cccc(Cl)c2nc1-c1cccc(F)c1.CC(C)c1nc2cccc(Cl)c2nc1Cl.N#CCO.OB(O)c1cccc(F)c1. The summed E-state index contributed by atoms with van der Waals surface area (Å²) in [5.41, 5.74) is 12.0. The third-order valence-electron chi connectivity index (χ3n) is 12.2. The van der Waals surface area contributed by atoms with E-state index >= 15 is 0 Å². The van der Waals surface area contributed by atoms with Crippen molar-refractivity contribution >= 4 is 126 Å². The largest absolute Gasteiger partial charge is 0.488 e. The van der Waals surface area contributed by atoms with Crippen LogP contribution in [-0.2, 0) is 0 Å². The number of rotatable bonds is 7. The molecule has 0 fully saturated rings. The predicted octanol–water partition coefficient (Wildman–Crippen LogP) is 17.6. The monoisotopic (exact) mass is 1280 g/mol. The van der Waals surface area contributed by atoms with Crippen molar-refractivity contribution in [1.29, 1.82) is 5.26 Å². The lowest BCUT2D eigenvalue weighted by molar-refractivity contribution is 0.348. The Morgan fingerprint density at radius 2 is 0.721 bits per heavy atom. The maximum Gasteiger partial charge on any atom is 0.488 e. The first-order valence-electron chi connectivity index (χ1n) is 26.7. The fourth-order valence-corrected chi connectivity index (χ4v) is 9.63. The van der Waals surface area contributed by atoms with Gasteiger partial charge in [-0.2, -0.15) is 5.26 Å². The maximum absolute atomic E-state index is 13.5. The number of fused-ring (bicyclic) bond motifs is 4. The average molecular weight is 1280 g/mol. The number of aromatic nitrogens is 8. The van der Waals surface area contributed by atoms with Gasteiger partial charge in [-0.1, -0.05) is 186 Å². The molecule has 3 N–H and O–H groups in total. The Balaban J connectivity index is 0.000000172. The van der Waals surface area contributed by atoms with Crippen LogP contribution in [0.15, 0.2) is 146 Å². The first kappa shape index (κ1) is 68.0. The van der Waals surface area contributed by atoms with Gasteiger partial charge in [-0.15, -0.1) is 0 Å². The maximum atomic E-state index is 13.5. The molecule has 12 nitrogen and oxygen atoms in total. The normalized spacial score (nSPS) is 10.8. The van der Waals surface area contributed by atoms with Crippen molar-refractivity contribution in [1.82, 2.24) is 39.9 Å². The number of hydrogen-bond acceptors (Lipinski definition) is 12. The lowest BCUT2D eigenvalue weighted by atomic mass is 9.80. The molecule has 0 saturated carbocycles. The number of nitriles is 1. The summed E-state index contributed by atoms with van der Waals surface area (Å²) in [6.07, 6.45) is 0. The standard InChI is InChI=1S/2C17H14ClFN2.2C11H10Cl2N2.C6H6BFO2.C2H3NO/c1-10(2)15-16(11-5-3-6-12(19)9-11)20-14-8-4-7-13(18)17(14)21-15;1-10(2)15-16(11-5-3-6-12(19)9-11)21-17-13(18)7-4-8-14(17)20-15;1-6(2)9-11(13)14-8-5-3-4-7(12)10(8)15-9;1-6(2)9-11(13)15-10-7(12)4-3-5-8(10)14-9;8-6-3-1-2-5(4-6)7(9)10;3-1-2-4/h2*3-10H,1-2H3;2*3-6H,1-2H3;1-4,9-10H;4H,2H2. The van der Waals surface area contributed by atoms with Crippen LogP contribution in [0.2, 0.25) is 30.4 Å². The van der Waals surface area contributed by atoms with E-state index < -0.39 is 12.9 Å². The topological polar surface area (TPSA) is 188 Å². The Hall–Kier alpha value is -7.14. The number of hydrogen-bond donors (Lipinski definition) is 3. The zero-order valence-electron chi connectivity index (χ0n) is 47.7. The number of aliphatic hydroxyl groups is 1. The van der Waals surface area contributed by atoms with Crippen molar-refractivity contribution in [3.63, 3.8) is 0 Å². The van der Waals surface area contributed by atoms with Crippen molar-refractivity contribution in [2.75, 3.05) is 6.61 Å². The molecule has 0 saturated heterocycles. The third-order valence-corrected chi connectivity index (χ3v) is 14.0. The molecule has 0 spiro atoms. The second-order valence-electron chi connectivity index (χ2n) is 20.0. The van der Waals surface area contributed by atoms with Crippen LogP contribution >= 0.6 is 69.6 Å². The number of benzene rings is 7. The molecule has 11 aromatic rings. The molecule has 0 bridgehead atoms. The van der Waals surface area contributed by atoms with E-state index in [0.717, 1.165) is 51.0 Å². The minimum absolute atomic E-state index is 0.163. The Bertz CT molecular complexity index is 4180. The van der Waals surface area contributed by atoms with E-state index in [9.17, 15) is 13.2 Å². The zero-order valence-corrected chi connectivity index (χ0v) is 52.3. The fourth-order valence-electron chi connectivity index (χ4n) is 8.09. The van der Waals surface area contributed by atoms with Crippen LogP contribution in [0.3, 0.4) is 0 Å². The molecule has 442 valence electrons. The minimum Gasteiger partial charge on any atom is -0.423 e. The summed E-state index contributed by atoms with van der Waals surface area (Å²) in [5.74, 6) is -0.196. The highest BCUT2D eigenvalue weighted by molar-refractivity contribution is 6.58. The number of para-hydroxylation sites is 4. The van der Waals surface area contributed by atoms with Crippen LogP contribution < -0.4 is 5.46 Å². The minimum atomic E-state index is -1.59. The van der Waals surface area contributed by atoms with Gasteiger partial charge in [0.05, 0.1) is 82.4 Å². The summed E-state index contributed by atoms with van der Waals surface area (Å²) in [5, 5.41) is 35.2. The summed E-state index contributed by atoms with van der Waals surface area (Å²) >= 11 is 36.5. The van der Waals surface area contributed by atoms with Crippen LogP contribution in [0.25, 0.3) is 66.6 Å². The molecule has 0 radical (unpaired) electrons. The van der Waals surface area contributed by atoms with Crippen molar-refractivity contribution in [2.24, 2.45) is 0 Å². The summed E-state index contributed by atoms with van der Waals surface area (Å²) in [7, 11) is -1.59. The van der Waals surface area contributed by atoms with E-state index in [1.54, 1.807) is 36.4 Å². The van der Waals surface area contributed by atoms with Crippen LogP contribution in [-0.4, -0.2) is 68.8 Å². The lowest BCUT2D eigenvalue weighted by Gasteiger charge is -2.13. The highest BCUT2D eigenvalue weighted by Gasteiger charge is 2.19. The van der Waals surface area contributed by atoms with Gasteiger partial charge in [-0.25, -0.2) is 53.0 Å². The molecule has 86 heavy (non-hydrogen) atoms. The van der Waals surface area contributed by atoms with E-state index in [1.165, 1.54) is 48.5 Å². The van der Waals surface area contributed by atoms with Crippen LogP contribution in [0.5, 0.6) is 0 Å². The Labute approximate surface area is 526 Å². The number of aliphatic hydroxyl groups excluding tert-OH is 1. The second kappa shape index (κ2) is 32.0. The molecule has 4 aromatic heterocycles. The van der Waals surface area contributed by atoms with Gasteiger partial charge in [-0.3, -0.25) is 0 Å². The molecule has 0 amide bonds. The Morgan fingerprint density at radius 3 is 1.12 bits per heavy atom. The molecular formula is C64H57BCl6F3N9O3. The lowest BCUT2D eigenvalue weighted by Crippen LogP contribution is -2.29. The molecule has 0 aliphatic heterocycles. The molecular weight excluding hydrogens is 1220 g/mol. The van der Waals surface area contributed by atoms with Gasteiger partial charge in [-0.05, 0) is 114 Å². The van der Waals surface area contributed by atoms with Gasteiger partial charge in [0.15, 0.2) is 10.3 Å². The van der Waals surface area contributed by atoms with Gasteiger partial charge < -0.3 is 15.2 Å². The van der Waals surface area contributed by atoms with Crippen LogP contribution in [0.4, 0.5) is 13.2 Å². The van der Waals surface area contributed by atoms with Gasteiger partial charge >= 0.3 is 7.12 Å². The molecule has 22 heteroatoms. The summed E-state index contributed by atoms with van der Waals surface area (Å²) in [4.78, 5) is 36.1. The molecule has 0 atom stereocenters. The quantitative estimate of drug-likeness (QED) is 0.101. The van der Waals surface area contributed by atoms with E-state index in [0.29, 0.717) is 74.9 Å². The predicted molar refractivity (Wildman–Crippen MR) is 344 cm³/mol. The smallest absolute Gasteiger partial charge is 0.423 e. The Kier molecular flexibility index (Phi) is 25.3. The van der Waals surface area contributed by atoms with Crippen molar-refractivity contribution in [3.8, 4) is 28.6 Å². The van der Waals surface area contributed by atoms with E-state index in [-0.39, 0.29) is 47.4 Å². The third kappa shape index (κ3) is 18.2. The second-order valence-corrected chi connectivity index (χ2v) is 22.4. The number of nitrogens with zero attached hydrogens (tertiary/aromatic N) is 9. The first-order valence-corrected chi connectivity index (χ1v) is 29.0. The van der Waals surface area contributed by atoms with Crippen molar-refractivity contribution in [3.05, 3.63) is 216 Å². The van der Waals surface area contributed by atoms with E-state index in [2.05, 4.69) is 39.9 Å². The molecule has 7 aromatic carbocycles. The van der Waals surface area contributed by atoms with Gasteiger partial charge in [0, 0.05) is 11.1 Å². The average Bonchev–Trinajstić information content (AvgIpc) is 1.56. The van der Waals surface area contributed by atoms with E-state index in [4.69, 9.17) is 90.0 Å². The molecule has 0 aliphatic carbocycles. The van der Waals surface area contributed by atoms with Crippen LogP contribution in [0.1, 0.15) is 102 Å². The summed E-state index contributed by atoms with van der Waals surface area (Å²) < 4.78 is 39.3. The Morgan fingerprint density at radius 1 is 0.407 bits per heavy atom. The number of halogens is 9. The van der Waals surface area contributed by atoms with Gasteiger partial charge in [0.25, 0.3) is 0 Å². The van der Waals surface area contributed by atoms with E-state index in [1.807, 2.05) is 116 Å². The fraction of sp³-hybridized carbons (Fsp3) is 0.203. The highest BCUT2D eigenvalue weighted by atomic mass is 35.5. The highest BCUT2D eigenvalue weighted by Crippen LogP contribution is 2.34. The van der Waals surface area contributed by atoms with Gasteiger partial charge in [0.2, 0.25) is 0 Å². The van der Waals surface area contributed by atoms with Crippen LogP contribution in [0, 0.1) is 28.8 Å². The summed E-state index contributed by atoms with van der Waals surface area (Å²) in [6.45, 7) is 15.9. The molecule has 11 rings (SSSR count). The summed E-state index contributed by atoms with van der Waals surface area (Å²) in [6, 6.07) is 41.5. The molecule has 0 unspecified atom stereocenters. The van der Waals surface area contributed by atoms with Gasteiger partial charge in [0.1, 0.15) is 46.1 Å². The zero-order chi connectivity index (χ0) is 62.9. The molecule has 4 heterocycles. The van der Waals surface area contributed by atoms with Crippen molar-refractivity contribution in [2.45, 2.75) is 79.1 Å². The first-order chi connectivity index (χ1) is 40.9. The molecule has 0 aliphatic rings. The van der Waals surface area contributed by atoms with Crippen molar-refractivity contribution < 1.29 is 28.3 Å².